The van der Waals surface area contributed by atoms with E-state index in [0.29, 0.717) is 31.9 Å². The highest BCUT2D eigenvalue weighted by atomic mass is 32.2. The van der Waals surface area contributed by atoms with Crippen LogP contribution in [0.2, 0.25) is 0 Å². The smallest absolute Gasteiger partial charge is 0.270 e. The fraction of sp³-hybridized carbons (Fsp3) is 0.350. The molecule has 7 heteroatoms. The second-order valence-electron chi connectivity index (χ2n) is 6.70. The van der Waals surface area contributed by atoms with Gasteiger partial charge in [-0.05, 0) is 12.5 Å². The molecule has 1 saturated heterocycles. The van der Waals surface area contributed by atoms with Gasteiger partial charge < -0.3 is 14.4 Å². The molecule has 0 radical (unpaired) electrons. The van der Waals surface area contributed by atoms with Crippen molar-refractivity contribution in [2.24, 2.45) is 7.05 Å². The van der Waals surface area contributed by atoms with E-state index < -0.39 is 0 Å². The van der Waals surface area contributed by atoms with E-state index >= 15 is 0 Å². The zero-order valence-electron chi connectivity index (χ0n) is 15.1. The maximum Gasteiger partial charge on any atom is 0.270 e. The van der Waals surface area contributed by atoms with Crippen molar-refractivity contribution >= 4 is 34.3 Å². The Morgan fingerprint density at radius 1 is 1.19 bits per heavy atom. The Hall–Kier alpha value is -2.72. The first-order valence-electron chi connectivity index (χ1n) is 9.01. The molecule has 2 aliphatic rings. The van der Waals surface area contributed by atoms with Crippen molar-refractivity contribution in [2.45, 2.75) is 6.42 Å². The van der Waals surface area contributed by atoms with Gasteiger partial charge in [-0.15, -0.1) is 11.8 Å². The minimum atomic E-state index is -0.280. The number of allylic oxidation sites excluding steroid dienone is 1. The van der Waals surface area contributed by atoms with Crippen LogP contribution in [0.4, 0.5) is 5.69 Å². The number of amides is 1. The van der Waals surface area contributed by atoms with Crippen LogP contribution < -0.4 is 10.5 Å². The third-order valence-corrected chi connectivity index (χ3v) is 6.28. The zero-order chi connectivity index (χ0) is 19.0. The number of hydrogen-bond acceptors (Lipinski definition) is 5. The second kappa shape index (κ2) is 7.12. The monoisotopic (exact) mass is 380 g/mol. The first-order valence-corrected chi connectivity index (χ1v) is 9.99. The molecular weight excluding hydrogens is 360 g/mol. The highest BCUT2D eigenvalue weighted by Crippen LogP contribution is 2.30. The predicted molar refractivity (Wildman–Crippen MR) is 108 cm³/mol. The number of hydrogen-bond donors (Lipinski definition) is 0. The van der Waals surface area contributed by atoms with E-state index in [2.05, 4.69) is 11.0 Å². The Kier molecular flexibility index (Phi) is 4.66. The van der Waals surface area contributed by atoms with Crippen LogP contribution in [0, 0.1) is 11.3 Å². The molecule has 4 rings (SSSR count). The summed E-state index contributed by atoms with van der Waals surface area (Å²) in [6.45, 7) is 2.39. The summed E-state index contributed by atoms with van der Waals surface area (Å²) >= 11 is 1.62. The number of nitrogens with zero attached hydrogens (tertiary/aromatic N) is 4. The van der Waals surface area contributed by atoms with Crippen molar-refractivity contribution in [1.29, 1.82) is 5.26 Å². The number of aromatic nitrogens is 1. The number of para-hydroxylation sites is 1. The van der Waals surface area contributed by atoms with Crippen molar-refractivity contribution in [2.75, 3.05) is 36.8 Å². The highest BCUT2D eigenvalue weighted by Gasteiger charge is 2.28. The van der Waals surface area contributed by atoms with Gasteiger partial charge in [-0.1, -0.05) is 24.3 Å². The number of aryl methyl sites for hydroxylation is 1. The van der Waals surface area contributed by atoms with Crippen LogP contribution in [-0.4, -0.2) is 47.3 Å². The van der Waals surface area contributed by atoms with Gasteiger partial charge in [0.15, 0.2) is 0 Å². The highest BCUT2D eigenvalue weighted by molar-refractivity contribution is 8.04. The van der Waals surface area contributed by atoms with E-state index in [4.69, 9.17) is 0 Å². The van der Waals surface area contributed by atoms with Gasteiger partial charge in [-0.25, -0.2) is 0 Å². The van der Waals surface area contributed by atoms with Gasteiger partial charge in [0.2, 0.25) is 0 Å². The lowest BCUT2D eigenvalue weighted by molar-refractivity contribution is -0.126. The van der Waals surface area contributed by atoms with Gasteiger partial charge in [0.05, 0.1) is 16.1 Å². The predicted octanol–water partition coefficient (Wildman–Crippen LogP) is 2.08. The number of piperazine rings is 1. The molecule has 0 atom stereocenters. The largest absolute Gasteiger partial charge is 0.366 e. The number of rotatable bonds is 2. The van der Waals surface area contributed by atoms with Crippen LogP contribution in [0.25, 0.3) is 10.9 Å². The summed E-state index contributed by atoms with van der Waals surface area (Å²) in [4.78, 5) is 30.0. The van der Waals surface area contributed by atoms with Gasteiger partial charge in [0.25, 0.3) is 11.5 Å². The number of carbonyl (C=O) groups excluding carboxylic acids is 1. The third kappa shape index (κ3) is 3.00. The van der Waals surface area contributed by atoms with Crippen molar-refractivity contribution in [1.82, 2.24) is 9.47 Å². The van der Waals surface area contributed by atoms with E-state index in [1.54, 1.807) is 18.8 Å². The molecule has 3 heterocycles. The van der Waals surface area contributed by atoms with E-state index in [1.165, 1.54) is 4.57 Å². The summed E-state index contributed by atoms with van der Waals surface area (Å²) in [5.41, 5.74) is 1.39. The number of pyridine rings is 1. The summed E-state index contributed by atoms with van der Waals surface area (Å²) in [6, 6.07) is 9.75. The summed E-state index contributed by atoms with van der Waals surface area (Å²) in [5, 5.41) is 10.5. The molecule has 1 fully saturated rings. The summed E-state index contributed by atoms with van der Waals surface area (Å²) in [6.07, 6.45) is 2.97. The molecular formula is C20H20N4O2S. The zero-order valence-corrected chi connectivity index (χ0v) is 16.0. The number of benzene rings is 1. The molecule has 6 nitrogen and oxygen atoms in total. The lowest BCUT2D eigenvalue weighted by Crippen LogP contribution is -2.49. The molecule has 0 unspecified atom stereocenters. The average Bonchev–Trinajstić information content (AvgIpc) is 3.25. The number of thioether (sulfide) groups is 1. The van der Waals surface area contributed by atoms with Gasteiger partial charge in [-0.3, -0.25) is 9.59 Å². The fourth-order valence-electron chi connectivity index (χ4n) is 3.76. The molecule has 1 aromatic carbocycles. The van der Waals surface area contributed by atoms with Crippen molar-refractivity contribution in [3.8, 4) is 6.07 Å². The minimum Gasteiger partial charge on any atom is -0.366 e. The van der Waals surface area contributed by atoms with Crippen molar-refractivity contribution < 1.29 is 4.79 Å². The Labute approximate surface area is 161 Å². The SMILES string of the molecule is Cn1c(=O)c(C#N)c(N2CCN(C(=O)C3=CCCS3)CC2)c2ccccc21. The standard InChI is InChI=1S/C20H20N4O2S/c1-22-16-6-3-2-5-14(16)18(15(13-21)19(22)25)23-8-10-24(11-9-23)20(26)17-7-4-12-27-17/h2-3,5-7H,4,8-12H2,1H3. The van der Waals surface area contributed by atoms with Gasteiger partial charge in [0.1, 0.15) is 11.6 Å². The summed E-state index contributed by atoms with van der Waals surface area (Å²) in [7, 11) is 1.69. The molecule has 2 aliphatic heterocycles. The molecule has 0 bridgehead atoms. The van der Waals surface area contributed by atoms with Gasteiger partial charge in [0, 0.05) is 44.4 Å². The molecule has 1 aromatic heterocycles. The van der Waals surface area contributed by atoms with Crippen LogP contribution in [0.15, 0.2) is 40.0 Å². The third-order valence-electron chi connectivity index (χ3n) is 5.19. The Morgan fingerprint density at radius 2 is 1.93 bits per heavy atom. The van der Waals surface area contributed by atoms with E-state index in [1.807, 2.05) is 35.2 Å². The Bertz CT molecular complexity index is 1040. The van der Waals surface area contributed by atoms with Crippen LogP contribution in [0.1, 0.15) is 12.0 Å². The van der Waals surface area contributed by atoms with Crippen LogP contribution >= 0.6 is 11.8 Å². The first kappa shape index (κ1) is 17.7. The number of carbonyl (C=O) groups is 1. The average molecular weight is 380 g/mol. The van der Waals surface area contributed by atoms with Crippen LogP contribution in [0.3, 0.4) is 0 Å². The number of anilines is 1. The lowest BCUT2D eigenvalue weighted by atomic mass is 10.1. The molecule has 2 aromatic rings. The molecule has 0 spiro atoms. The molecule has 0 saturated carbocycles. The molecule has 0 aliphatic carbocycles. The molecule has 27 heavy (non-hydrogen) atoms. The summed E-state index contributed by atoms with van der Waals surface area (Å²) < 4.78 is 1.53. The number of nitriles is 1. The van der Waals surface area contributed by atoms with Gasteiger partial charge in [-0.2, -0.15) is 5.26 Å². The van der Waals surface area contributed by atoms with Crippen LogP contribution in [-0.2, 0) is 11.8 Å². The van der Waals surface area contributed by atoms with Crippen molar-refractivity contribution in [3.05, 3.63) is 51.2 Å². The fourth-order valence-corrected chi connectivity index (χ4v) is 4.71. The Balaban J connectivity index is 1.66. The minimum absolute atomic E-state index is 0.103. The second-order valence-corrected chi connectivity index (χ2v) is 7.84. The van der Waals surface area contributed by atoms with Crippen molar-refractivity contribution in [3.63, 3.8) is 0 Å². The quantitative estimate of drug-likeness (QED) is 0.798. The lowest BCUT2D eigenvalue weighted by Gasteiger charge is -2.37. The molecule has 1 amide bonds. The van der Waals surface area contributed by atoms with E-state index in [0.717, 1.165) is 28.0 Å². The van der Waals surface area contributed by atoms with E-state index in [9.17, 15) is 14.9 Å². The van der Waals surface area contributed by atoms with Gasteiger partial charge >= 0.3 is 0 Å². The van der Waals surface area contributed by atoms with Crippen LogP contribution in [0.5, 0.6) is 0 Å². The number of fused-ring (bicyclic) bond motifs is 1. The maximum atomic E-state index is 12.7. The molecule has 0 N–H and O–H groups in total. The normalized spacial score (nSPS) is 17.1. The first-order chi connectivity index (χ1) is 13.1. The summed E-state index contributed by atoms with van der Waals surface area (Å²) in [5.74, 6) is 1.08. The molecule has 138 valence electrons. The topological polar surface area (TPSA) is 69.3 Å². The maximum absolute atomic E-state index is 12.7. The Morgan fingerprint density at radius 3 is 2.59 bits per heavy atom. The van der Waals surface area contributed by atoms with E-state index in [-0.39, 0.29) is 17.0 Å².